The van der Waals surface area contributed by atoms with Crippen LogP contribution in [-0.2, 0) is 0 Å². The van der Waals surface area contributed by atoms with E-state index >= 15 is 0 Å². The molecule has 1 aliphatic carbocycles. The monoisotopic (exact) mass is 404 g/mol. The molecular weight excluding hydrogens is 373 g/mol. The van der Waals surface area contributed by atoms with Crippen LogP contribution in [0.15, 0.2) is 48.5 Å². The molecule has 0 saturated heterocycles. The van der Waals surface area contributed by atoms with Crippen molar-refractivity contribution in [3.05, 3.63) is 54.1 Å². The lowest BCUT2D eigenvalue weighted by Crippen LogP contribution is -2.16. The molecule has 2 aromatic carbocycles. The number of halogens is 3. The molecule has 0 aliphatic heterocycles. The molecule has 1 unspecified atom stereocenters. The summed E-state index contributed by atoms with van der Waals surface area (Å²) in [5.74, 6) is 2.17. The van der Waals surface area contributed by atoms with Crippen LogP contribution in [-0.4, -0.2) is 6.36 Å². The van der Waals surface area contributed by atoms with Gasteiger partial charge in [-0.1, -0.05) is 69.5 Å². The molecule has 4 heteroatoms. The molecule has 0 heterocycles. The molecule has 0 bridgehead atoms. The molecule has 0 radical (unpaired) electrons. The summed E-state index contributed by atoms with van der Waals surface area (Å²) < 4.78 is 40.8. The van der Waals surface area contributed by atoms with Gasteiger partial charge in [0, 0.05) is 0 Å². The average molecular weight is 405 g/mol. The Balaban J connectivity index is 1.54. The van der Waals surface area contributed by atoms with Crippen LogP contribution in [0.5, 0.6) is 5.75 Å². The molecule has 1 fully saturated rings. The predicted octanol–water partition coefficient (Wildman–Crippen LogP) is 8.35. The van der Waals surface area contributed by atoms with Crippen LogP contribution in [0.4, 0.5) is 13.2 Å². The Hall–Kier alpha value is -1.97. The van der Waals surface area contributed by atoms with E-state index in [9.17, 15) is 13.2 Å². The minimum Gasteiger partial charge on any atom is -0.406 e. The second-order valence-corrected chi connectivity index (χ2v) is 8.50. The van der Waals surface area contributed by atoms with Crippen LogP contribution in [0.25, 0.3) is 11.1 Å². The third kappa shape index (κ3) is 6.52. The number of alkyl halides is 3. The first-order valence-corrected chi connectivity index (χ1v) is 10.8. The number of hydrogen-bond acceptors (Lipinski definition) is 1. The van der Waals surface area contributed by atoms with Crippen LogP contribution in [0, 0.1) is 11.8 Å². The molecule has 158 valence electrons. The minimum atomic E-state index is -4.66. The van der Waals surface area contributed by atoms with Crippen molar-refractivity contribution in [2.45, 2.75) is 71.1 Å². The summed E-state index contributed by atoms with van der Waals surface area (Å²) in [6.45, 7) is 4.62. The summed E-state index contributed by atoms with van der Waals surface area (Å²) in [7, 11) is 0. The Morgan fingerprint density at radius 1 is 0.897 bits per heavy atom. The normalized spacial score (nSPS) is 21.0. The fourth-order valence-electron chi connectivity index (χ4n) is 4.31. The first-order chi connectivity index (χ1) is 13.8. The number of rotatable bonds is 7. The predicted molar refractivity (Wildman–Crippen MR) is 112 cm³/mol. The average Bonchev–Trinajstić information content (AvgIpc) is 2.72. The third-order valence-electron chi connectivity index (χ3n) is 6.41. The van der Waals surface area contributed by atoms with E-state index in [1.165, 1.54) is 62.6 Å². The zero-order chi connectivity index (χ0) is 20.9. The van der Waals surface area contributed by atoms with Gasteiger partial charge in [0.05, 0.1) is 0 Å². The summed E-state index contributed by atoms with van der Waals surface area (Å²) in [6, 6.07) is 14.6. The van der Waals surface area contributed by atoms with Crippen molar-refractivity contribution in [2.24, 2.45) is 11.8 Å². The summed E-state index contributed by atoms with van der Waals surface area (Å²) >= 11 is 0. The van der Waals surface area contributed by atoms with Crippen molar-refractivity contribution in [1.29, 1.82) is 0 Å². The molecule has 2 aromatic rings. The lowest BCUT2D eigenvalue weighted by Gasteiger charge is -2.29. The van der Waals surface area contributed by atoms with E-state index in [2.05, 4.69) is 42.8 Å². The van der Waals surface area contributed by atoms with Gasteiger partial charge in [0.25, 0.3) is 0 Å². The molecule has 3 rings (SSSR count). The first kappa shape index (κ1) is 21.7. The smallest absolute Gasteiger partial charge is 0.406 e. The number of hydrogen-bond donors (Lipinski definition) is 0. The fourth-order valence-corrected chi connectivity index (χ4v) is 4.31. The van der Waals surface area contributed by atoms with E-state index < -0.39 is 6.36 Å². The number of benzene rings is 2. The van der Waals surface area contributed by atoms with Crippen LogP contribution in [0.1, 0.15) is 70.3 Å². The largest absolute Gasteiger partial charge is 0.573 e. The molecule has 1 atom stereocenters. The molecule has 1 nitrogen and oxygen atoms in total. The third-order valence-corrected chi connectivity index (χ3v) is 6.41. The molecule has 0 amide bonds. The Kier molecular flexibility index (Phi) is 7.26. The van der Waals surface area contributed by atoms with Gasteiger partial charge in [0.15, 0.2) is 0 Å². The van der Waals surface area contributed by atoms with Gasteiger partial charge in [-0.25, -0.2) is 0 Å². The molecule has 0 spiro atoms. The maximum atomic E-state index is 12.3. The second kappa shape index (κ2) is 9.69. The Morgan fingerprint density at radius 2 is 1.45 bits per heavy atom. The van der Waals surface area contributed by atoms with E-state index in [1.54, 1.807) is 12.1 Å². The van der Waals surface area contributed by atoms with Crippen molar-refractivity contribution >= 4 is 0 Å². The summed E-state index contributed by atoms with van der Waals surface area (Å²) in [4.78, 5) is 0. The topological polar surface area (TPSA) is 9.23 Å². The van der Waals surface area contributed by atoms with Gasteiger partial charge in [0.1, 0.15) is 5.75 Å². The standard InChI is InChI=1S/C25H31F3O/c1-3-18(2)4-5-19-6-8-20(9-7-19)21-10-12-22(13-11-21)23-14-16-24(17-15-23)29-25(26,27)28/h10-20H,3-9H2,1-2H3. The van der Waals surface area contributed by atoms with Crippen molar-refractivity contribution in [1.82, 2.24) is 0 Å². The van der Waals surface area contributed by atoms with Gasteiger partial charge in [-0.05, 0) is 72.3 Å². The summed E-state index contributed by atoms with van der Waals surface area (Å²) in [5.41, 5.74) is 3.28. The highest BCUT2D eigenvalue weighted by Gasteiger charge is 2.31. The highest BCUT2D eigenvalue weighted by molar-refractivity contribution is 5.64. The number of ether oxygens (including phenoxy) is 1. The molecule has 1 saturated carbocycles. The van der Waals surface area contributed by atoms with Gasteiger partial charge >= 0.3 is 6.36 Å². The first-order valence-electron chi connectivity index (χ1n) is 10.8. The van der Waals surface area contributed by atoms with Crippen molar-refractivity contribution in [3.8, 4) is 16.9 Å². The summed E-state index contributed by atoms with van der Waals surface area (Å²) in [6.07, 6.45) is 4.51. The van der Waals surface area contributed by atoms with Gasteiger partial charge in [-0.3, -0.25) is 0 Å². The Morgan fingerprint density at radius 3 is 1.97 bits per heavy atom. The zero-order valence-electron chi connectivity index (χ0n) is 17.3. The second-order valence-electron chi connectivity index (χ2n) is 8.50. The zero-order valence-corrected chi connectivity index (χ0v) is 17.3. The lowest BCUT2D eigenvalue weighted by atomic mass is 9.76. The van der Waals surface area contributed by atoms with Crippen LogP contribution >= 0.6 is 0 Å². The SMILES string of the molecule is CCC(C)CCC1CCC(c2ccc(-c3ccc(OC(F)(F)F)cc3)cc2)CC1. The minimum absolute atomic E-state index is 0.192. The molecule has 1 aliphatic rings. The molecule has 29 heavy (non-hydrogen) atoms. The summed E-state index contributed by atoms with van der Waals surface area (Å²) in [5, 5.41) is 0. The fraction of sp³-hybridized carbons (Fsp3) is 0.520. The van der Waals surface area contributed by atoms with Gasteiger partial charge in [-0.2, -0.15) is 0 Å². The van der Waals surface area contributed by atoms with Gasteiger partial charge in [-0.15, -0.1) is 13.2 Å². The quantitative estimate of drug-likeness (QED) is 0.450. The highest BCUT2D eigenvalue weighted by atomic mass is 19.4. The van der Waals surface area contributed by atoms with Crippen LogP contribution < -0.4 is 4.74 Å². The lowest BCUT2D eigenvalue weighted by molar-refractivity contribution is -0.274. The Bertz CT molecular complexity index is 741. The van der Waals surface area contributed by atoms with E-state index in [0.29, 0.717) is 5.92 Å². The van der Waals surface area contributed by atoms with Crippen LogP contribution in [0.3, 0.4) is 0 Å². The Labute approximate surface area is 172 Å². The highest BCUT2D eigenvalue weighted by Crippen LogP contribution is 2.38. The van der Waals surface area contributed by atoms with Crippen molar-refractivity contribution < 1.29 is 17.9 Å². The van der Waals surface area contributed by atoms with E-state index in [-0.39, 0.29) is 5.75 Å². The van der Waals surface area contributed by atoms with Crippen molar-refractivity contribution in [2.75, 3.05) is 0 Å². The van der Waals surface area contributed by atoms with Gasteiger partial charge in [0.2, 0.25) is 0 Å². The van der Waals surface area contributed by atoms with Crippen LogP contribution in [0.2, 0.25) is 0 Å². The van der Waals surface area contributed by atoms with E-state index in [0.717, 1.165) is 23.0 Å². The van der Waals surface area contributed by atoms with Crippen molar-refractivity contribution in [3.63, 3.8) is 0 Å². The van der Waals surface area contributed by atoms with E-state index in [1.807, 2.05) is 0 Å². The van der Waals surface area contributed by atoms with E-state index in [4.69, 9.17) is 0 Å². The maximum absolute atomic E-state index is 12.3. The maximum Gasteiger partial charge on any atom is 0.573 e. The molecule has 0 aromatic heterocycles. The molecular formula is C25H31F3O. The van der Waals surface area contributed by atoms with Gasteiger partial charge < -0.3 is 4.74 Å². The molecule has 0 N–H and O–H groups in total.